The van der Waals surface area contributed by atoms with Crippen molar-refractivity contribution in [3.63, 3.8) is 0 Å². The van der Waals surface area contributed by atoms with E-state index in [2.05, 4.69) is 0 Å². The fraction of sp³-hybridized carbons (Fsp3) is 0.200. The third-order valence-electron chi connectivity index (χ3n) is 7.24. The Labute approximate surface area is 218 Å². The molecule has 0 unspecified atom stereocenters. The highest BCUT2D eigenvalue weighted by Crippen LogP contribution is 2.59. The van der Waals surface area contributed by atoms with Crippen LogP contribution in [0.5, 0.6) is 28.7 Å². The maximum absolute atomic E-state index is 13.8. The molecule has 8 heteroatoms. The van der Waals surface area contributed by atoms with Crippen LogP contribution in [0, 0.1) is 11.8 Å². The van der Waals surface area contributed by atoms with Gasteiger partial charge in [-0.1, -0.05) is 48.5 Å². The summed E-state index contributed by atoms with van der Waals surface area (Å²) < 4.78 is 16.4. The van der Waals surface area contributed by atoms with Gasteiger partial charge in [0, 0.05) is 17.2 Å². The van der Waals surface area contributed by atoms with E-state index >= 15 is 0 Å². The zero-order chi connectivity index (χ0) is 27.0. The fourth-order valence-corrected chi connectivity index (χ4v) is 5.44. The minimum Gasteiger partial charge on any atom is -0.504 e. The van der Waals surface area contributed by atoms with Crippen LogP contribution in [0.2, 0.25) is 0 Å². The van der Waals surface area contributed by atoms with E-state index in [1.807, 2.05) is 30.3 Å². The summed E-state index contributed by atoms with van der Waals surface area (Å²) in [7, 11) is 2.79. The number of phenols is 2. The van der Waals surface area contributed by atoms with Crippen molar-refractivity contribution >= 4 is 22.7 Å². The summed E-state index contributed by atoms with van der Waals surface area (Å²) in [4.78, 5) is 26.4. The van der Waals surface area contributed by atoms with Gasteiger partial charge in [-0.15, -0.1) is 0 Å². The van der Waals surface area contributed by atoms with Crippen LogP contribution in [0.25, 0.3) is 10.8 Å². The minimum atomic E-state index is -1.09. The number of carbonyl (C=O) groups excluding carboxylic acids is 1. The molecule has 0 bridgehead atoms. The van der Waals surface area contributed by atoms with E-state index in [9.17, 15) is 24.9 Å². The van der Waals surface area contributed by atoms with Crippen LogP contribution < -0.4 is 14.2 Å². The molecular weight excluding hydrogens is 488 g/mol. The molecule has 0 saturated heterocycles. The first-order valence-corrected chi connectivity index (χ1v) is 12.0. The van der Waals surface area contributed by atoms with E-state index in [4.69, 9.17) is 14.2 Å². The van der Waals surface area contributed by atoms with Gasteiger partial charge in [0.25, 0.3) is 0 Å². The van der Waals surface area contributed by atoms with E-state index in [1.54, 1.807) is 36.4 Å². The zero-order valence-electron chi connectivity index (χ0n) is 20.7. The molecule has 1 saturated carbocycles. The van der Waals surface area contributed by atoms with Gasteiger partial charge in [0.15, 0.2) is 23.0 Å². The Bertz CT molecular complexity index is 1460. The molecule has 0 spiro atoms. The first-order valence-electron chi connectivity index (χ1n) is 12.0. The van der Waals surface area contributed by atoms with Gasteiger partial charge in [-0.3, -0.25) is 9.59 Å². The van der Waals surface area contributed by atoms with Crippen LogP contribution in [-0.2, 0) is 9.59 Å². The maximum Gasteiger partial charge on any atom is 0.315 e. The number of phenolic OH excluding ortho intramolecular Hbond substituents is 2. The lowest BCUT2D eigenvalue weighted by molar-refractivity contribution is -0.158. The Morgan fingerprint density at radius 2 is 1.24 bits per heavy atom. The Kier molecular flexibility index (Phi) is 6.55. The summed E-state index contributed by atoms with van der Waals surface area (Å²) in [5, 5.41) is 32.1. The number of carboxylic acid groups (broad SMARTS) is 1. The van der Waals surface area contributed by atoms with Gasteiger partial charge in [-0.25, -0.2) is 0 Å². The van der Waals surface area contributed by atoms with Gasteiger partial charge < -0.3 is 29.5 Å². The van der Waals surface area contributed by atoms with Crippen molar-refractivity contribution in [1.82, 2.24) is 0 Å². The van der Waals surface area contributed by atoms with Crippen molar-refractivity contribution in [2.75, 3.05) is 14.2 Å². The topological polar surface area (TPSA) is 123 Å². The molecule has 1 aliphatic rings. The van der Waals surface area contributed by atoms with Crippen LogP contribution >= 0.6 is 0 Å². The summed E-state index contributed by atoms with van der Waals surface area (Å²) in [5.41, 5.74) is 1.04. The number of carbonyl (C=O) groups is 2. The number of hydrogen-bond donors (Lipinski definition) is 3. The van der Waals surface area contributed by atoms with Crippen LogP contribution in [0.1, 0.15) is 23.0 Å². The van der Waals surface area contributed by atoms with Gasteiger partial charge in [0.1, 0.15) is 5.75 Å². The molecule has 1 aliphatic carbocycles. The molecule has 0 radical (unpaired) electrons. The van der Waals surface area contributed by atoms with Crippen LogP contribution in [0.3, 0.4) is 0 Å². The molecule has 4 aromatic rings. The lowest BCUT2D eigenvalue weighted by atomic mass is 9.52. The summed E-state index contributed by atoms with van der Waals surface area (Å²) in [6.45, 7) is 0. The van der Waals surface area contributed by atoms with Crippen LogP contribution in [-0.4, -0.2) is 41.5 Å². The Morgan fingerprint density at radius 1 is 0.684 bits per heavy atom. The third kappa shape index (κ3) is 4.24. The predicted octanol–water partition coefficient (Wildman–Crippen LogP) is 5.07. The standard InChI is InChI=1S/C30H26O8/c1-36-23-14-17(10-12-20(23)31)25-27(29(33)34)26(18-11-13-21(32)24(15-18)37-2)28(25)30(35)38-22-9-5-7-16-6-3-4-8-19(16)22/h3-15,25-28,31-32H,1-2H3,(H,33,34)/t25-,26-,27?,28?/m0/s1. The van der Waals surface area contributed by atoms with Gasteiger partial charge in [-0.05, 0) is 46.8 Å². The highest BCUT2D eigenvalue weighted by atomic mass is 16.5. The van der Waals surface area contributed by atoms with E-state index in [-0.39, 0.29) is 23.0 Å². The van der Waals surface area contributed by atoms with Crippen LogP contribution in [0.4, 0.5) is 0 Å². The van der Waals surface area contributed by atoms with Crippen molar-refractivity contribution in [2.24, 2.45) is 11.8 Å². The Morgan fingerprint density at radius 3 is 1.79 bits per heavy atom. The maximum atomic E-state index is 13.8. The van der Waals surface area contributed by atoms with Crippen molar-refractivity contribution in [3.8, 4) is 28.7 Å². The van der Waals surface area contributed by atoms with Gasteiger partial charge in [0.2, 0.25) is 0 Å². The van der Waals surface area contributed by atoms with Crippen molar-refractivity contribution in [1.29, 1.82) is 0 Å². The number of carboxylic acids is 1. The number of benzene rings is 4. The molecule has 2 atom stereocenters. The van der Waals surface area contributed by atoms with E-state index in [0.29, 0.717) is 16.9 Å². The number of methoxy groups -OCH3 is 2. The van der Waals surface area contributed by atoms with E-state index in [1.165, 1.54) is 26.4 Å². The number of esters is 1. The molecule has 3 N–H and O–H groups in total. The molecule has 1 fully saturated rings. The highest BCUT2D eigenvalue weighted by molar-refractivity contribution is 5.92. The van der Waals surface area contributed by atoms with E-state index in [0.717, 1.165) is 10.8 Å². The SMILES string of the molecule is COc1cc([C@H]2C(C(=O)O)[C@H](c3ccc(O)c(OC)c3)C2C(=O)Oc2cccc3ccccc23)ccc1O. The molecular formula is C30H26O8. The number of aromatic hydroxyl groups is 2. The van der Waals surface area contributed by atoms with Gasteiger partial charge >= 0.3 is 11.9 Å². The molecule has 194 valence electrons. The molecule has 0 heterocycles. The third-order valence-corrected chi connectivity index (χ3v) is 7.24. The molecule has 0 aliphatic heterocycles. The first kappa shape index (κ1) is 25.0. The average Bonchev–Trinajstić information content (AvgIpc) is 2.90. The van der Waals surface area contributed by atoms with E-state index < -0.39 is 35.6 Å². The lowest BCUT2D eigenvalue weighted by Gasteiger charge is -2.49. The smallest absolute Gasteiger partial charge is 0.315 e. The Balaban J connectivity index is 1.61. The lowest BCUT2D eigenvalue weighted by Crippen LogP contribution is -2.52. The minimum absolute atomic E-state index is 0.0999. The second-order valence-corrected chi connectivity index (χ2v) is 9.20. The largest absolute Gasteiger partial charge is 0.504 e. The van der Waals surface area contributed by atoms with Crippen molar-refractivity contribution in [3.05, 3.63) is 90.0 Å². The summed E-state index contributed by atoms with van der Waals surface area (Å²) in [5.74, 6) is -4.60. The number of fused-ring (bicyclic) bond motifs is 1. The molecule has 8 nitrogen and oxygen atoms in total. The molecule has 38 heavy (non-hydrogen) atoms. The number of rotatable bonds is 7. The van der Waals surface area contributed by atoms with Gasteiger partial charge in [0.05, 0.1) is 26.1 Å². The predicted molar refractivity (Wildman–Crippen MR) is 139 cm³/mol. The number of hydrogen-bond acceptors (Lipinski definition) is 7. The molecule has 0 aromatic heterocycles. The summed E-state index contributed by atoms with van der Waals surface area (Å²) in [6.07, 6.45) is 0. The van der Waals surface area contributed by atoms with Gasteiger partial charge in [-0.2, -0.15) is 0 Å². The first-order chi connectivity index (χ1) is 18.3. The normalized spacial score (nSPS) is 20.4. The Hall–Kier alpha value is -4.72. The molecule has 4 aromatic carbocycles. The fourth-order valence-electron chi connectivity index (χ4n) is 5.44. The summed E-state index contributed by atoms with van der Waals surface area (Å²) in [6, 6.07) is 22.0. The molecule has 0 amide bonds. The molecule has 5 rings (SSSR count). The quantitative estimate of drug-likeness (QED) is 0.231. The number of aliphatic carboxylic acids is 1. The van der Waals surface area contributed by atoms with Crippen molar-refractivity contribution < 1.29 is 39.1 Å². The van der Waals surface area contributed by atoms with Crippen molar-refractivity contribution in [2.45, 2.75) is 11.8 Å². The average molecular weight is 515 g/mol. The second-order valence-electron chi connectivity index (χ2n) is 9.20. The number of ether oxygens (including phenoxy) is 3. The second kappa shape index (κ2) is 9.97. The highest BCUT2D eigenvalue weighted by Gasteiger charge is 2.59. The zero-order valence-corrected chi connectivity index (χ0v) is 20.7. The monoisotopic (exact) mass is 514 g/mol. The van der Waals surface area contributed by atoms with Crippen LogP contribution in [0.15, 0.2) is 78.9 Å². The summed E-state index contributed by atoms with van der Waals surface area (Å²) >= 11 is 0.